The van der Waals surface area contributed by atoms with Crippen molar-refractivity contribution in [3.8, 4) is 11.5 Å². The minimum Gasteiger partial charge on any atom is -0.457 e. The van der Waals surface area contributed by atoms with Gasteiger partial charge in [0, 0.05) is 12.6 Å². The van der Waals surface area contributed by atoms with Crippen LogP contribution in [-0.2, 0) is 6.54 Å². The van der Waals surface area contributed by atoms with E-state index in [0.717, 1.165) is 22.6 Å². The Morgan fingerprint density at radius 3 is 2.15 bits per heavy atom. The molecule has 0 aliphatic heterocycles. The van der Waals surface area contributed by atoms with Gasteiger partial charge in [-0.3, -0.25) is 0 Å². The second-order valence-corrected chi connectivity index (χ2v) is 7.09. The summed E-state index contributed by atoms with van der Waals surface area (Å²) in [7, 11) is 0. The first-order chi connectivity index (χ1) is 12.5. The molecule has 26 heavy (non-hydrogen) atoms. The lowest BCUT2D eigenvalue weighted by atomic mass is 10.1. The SMILES string of the molecule is CC(NCc1ccc(Oc2ccccc2)cc1)c1ccc(Cl)c(Cl)c1Cl. The normalized spacial score (nSPS) is 12.0. The molecule has 0 heterocycles. The zero-order valence-electron chi connectivity index (χ0n) is 14.2. The molecule has 0 radical (unpaired) electrons. The average molecular weight is 407 g/mol. The highest BCUT2D eigenvalue weighted by molar-refractivity contribution is 6.48. The Kier molecular flexibility index (Phi) is 6.44. The van der Waals surface area contributed by atoms with Gasteiger partial charge in [0.15, 0.2) is 0 Å². The van der Waals surface area contributed by atoms with Crippen molar-refractivity contribution in [2.75, 3.05) is 0 Å². The lowest BCUT2D eigenvalue weighted by Crippen LogP contribution is -2.18. The molecule has 0 spiro atoms. The molecule has 0 aliphatic rings. The molecule has 0 aliphatic carbocycles. The summed E-state index contributed by atoms with van der Waals surface area (Å²) in [5.74, 6) is 1.63. The van der Waals surface area contributed by atoms with Gasteiger partial charge >= 0.3 is 0 Å². The van der Waals surface area contributed by atoms with Crippen molar-refractivity contribution in [3.05, 3.63) is 92.9 Å². The van der Waals surface area contributed by atoms with Gasteiger partial charge in [0.05, 0.1) is 15.1 Å². The second-order valence-electron chi connectivity index (χ2n) is 5.93. The molecule has 1 N–H and O–H groups in total. The largest absolute Gasteiger partial charge is 0.457 e. The monoisotopic (exact) mass is 405 g/mol. The summed E-state index contributed by atoms with van der Waals surface area (Å²) in [4.78, 5) is 0. The lowest BCUT2D eigenvalue weighted by Gasteiger charge is -2.17. The molecular formula is C21H18Cl3NO. The van der Waals surface area contributed by atoms with E-state index in [9.17, 15) is 0 Å². The molecule has 0 saturated carbocycles. The van der Waals surface area contributed by atoms with Crippen LogP contribution in [0.2, 0.25) is 15.1 Å². The van der Waals surface area contributed by atoms with Crippen molar-refractivity contribution >= 4 is 34.8 Å². The predicted octanol–water partition coefficient (Wildman–Crippen LogP) is 7.29. The second kappa shape index (κ2) is 8.79. The Morgan fingerprint density at radius 1 is 0.808 bits per heavy atom. The molecule has 3 aromatic rings. The summed E-state index contributed by atoms with van der Waals surface area (Å²) in [6, 6.07) is 21.4. The fraction of sp³-hybridized carbons (Fsp3) is 0.143. The van der Waals surface area contributed by atoms with Crippen LogP contribution in [0.1, 0.15) is 24.1 Å². The van der Waals surface area contributed by atoms with E-state index in [1.165, 1.54) is 0 Å². The highest BCUT2D eigenvalue weighted by Crippen LogP contribution is 2.35. The van der Waals surface area contributed by atoms with Crippen molar-refractivity contribution in [1.82, 2.24) is 5.32 Å². The summed E-state index contributed by atoms with van der Waals surface area (Å²) in [5.41, 5.74) is 2.07. The summed E-state index contributed by atoms with van der Waals surface area (Å²) >= 11 is 18.4. The molecule has 1 atom stereocenters. The Morgan fingerprint density at radius 2 is 1.46 bits per heavy atom. The van der Waals surface area contributed by atoms with E-state index in [2.05, 4.69) is 5.32 Å². The highest BCUT2D eigenvalue weighted by Gasteiger charge is 2.14. The van der Waals surface area contributed by atoms with E-state index in [1.807, 2.05) is 67.6 Å². The Labute approximate surface area is 168 Å². The average Bonchev–Trinajstić information content (AvgIpc) is 2.66. The predicted molar refractivity (Wildman–Crippen MR) is 110 cm³/mol. The number of hydrogen-bond donors (Lipinski definition) is 1. The fourth-order valence-electron chi connectivity index (χ4n) is 2.56. The van der Waals surface area contributed by atoms with Crippen LogP contribution in [-0.4, -0.2) is 0 Å². The van der Waals surface area contributed by atoms with Gasteiger partial charge in [0.1, 0.15) is 11.5 Å². The molecule has 0 aromatic heterocycles. The van der Waals surface area contributed by atoms with Crippen LogP contribution in [0.5, 0.6) is 11.5 Å². The van der Waals surface area contributed by atoms with Gasteiger partial charge in [0.25, 0.3) is 0 Å². The van der Waals surface area contributed by atoms with Crippen molar-refractivity contribution < 1.29 is 4.74 Å². The van der Waals surface area contributed by atoms with E-state index in [4.69, 9.17) is 39.5 Å². The van der Waals surface area contributed by atoms with E-state index < -0.39 is 0 Å². The minimum absolute atomic E-state index is 0.0394. The van der Waals surface area contributed by atoms with Crippen LogP contribution >= 0.6 is 34.8 Å². The smallest absolute Gasteiger partial charge is 0.127 e. The number of para-hydroxylation sites is 1. The van der Waals surface area contributed by atoms with E-state index in [1.54, 1.807) is 6.07 Å². The quantitative estimate of drug-likeness (QED) is 0.434. The molecule has 3 aromatic carbocycles. The number of halogens is 3. The van der Waals surface area contributed by atoms with Crippen LogP contribution in [0.25, 0.3) is 0 Å². The Balaban J connectivity index is 1.60. The van der Waals surface area contributed by atoms with Crippen LogP contribution in [0.15, 0.2) is 66.7 Å². The van der Waals surface area contributed by atoms with E-state index >= 15 is 0 Å². The summed E-state index contributed by atoms with van der Waals surface area (Å²) < 4.78 is 5.80. The van der Waals surface area contributed by atoms with Crippen molar-refractivity contribution in [1.29, 1.82) is 0 Å². The van der Waals surface area contributed by atoms with Gasteiger partial charge in [-0.15, -0.1) is 0 Å². The minimum atomic E-state index is 0.0394. The van der Waals surface area contributed by atoms with Gasteiger partial charge in [-0.2, -0.15) is 0 Å². The van der Waals surface area contributed by atoms with Crippen LogP contribution in [0, 0.1) is 0 Å². The molecule has 3 rings (SSSR count). The molecule has 0 amide bonds. The maximum Gasteiger partial charge on any atom is 0.127 e. The third-order valence-corrected chi connectivity index (χ3v) is 5.35. The molecule has 5 heteroatoms. The number of nitrogens with one attached hydrogen (secondary N) is 1. The van der Waals surface area contributed by atoms with Gasteiger partial charge in [-0.1, -0.05) is 71.2 Å². The fourth-order valence-corrected chi connectivity index (χ4v) is 3.26. The standard InChI is InChI=1S/C21H18Cl3NO/c1-14(18-11-12-19(22)21(24)20(18)23)25-13-15-7-9-17(10-8-15)26-16-5-3-2-4-6-16/h2-12,14,25H,13H2,1H3. The van der Waals surface area contributed by atoms with Gasteiger partial charge < -0.3 is 10.1 Å². The van der Waals surface area contributed by atoms with Crippen molar-refractivity contribution in [2.24, 2.45) is 0 Å². The molecule has 0 saturated heterocycles. The molecular weight excluding hydrogens is 389 g/mol. The van der Waals surface area contributed by atoms with Crippen LogP contribution < -0.4 is 10.1 Å². The van der Waals surface area contributed by atoms with Crippen LogP contribution in [0.3, 0.4) is 0 Å². The maximum absolute atomic E-state index is 6.30. The Hall–Kier alpha value is -1.71. The number of benzene rings is 3. The van der Waals surface area contributed by atoms with Crippen molar-refractivity contribution in [2.45, 2.75) is 19.5 Å². The number of rotatable bonds is 6. The zero-order chi connectivity index (χ0) is 18.5. The van der Waals surface area contributed by atoms with Crippen LogP contribution in [0.4, 0.5) is 0 Å². The molecule has 0 bridgehead atoms. The number of ether oxygens (including phenoxy) is 1. The molecule has 2 nitrogen and oxygen atoms in total. The molecule has 0 fully saturated rings. The van der Waals surface area contributed by atoms with Crippen molar-refractivity contribution in [3.63, 3.8) is 0 Å². The first-order valence-electron chi connectivity index (χ1n) is 8.23. The topological polar surface area (TPSA) is 21.3 Å². The third-order valence-electron chi connectivity index (χ3n) is 4.05. The number of hydrogen-bond acceptors (Lipinski definition) is 2. The first kappa shape index (κ1) is 19.1. The summed E-state index contributed by atoms with van der Waals surface area (Å²) in [5, 5.41) is 4.79. The summed E-state index contributed by atoms with van der Waals surface area (Å²) in [6.07, 6.45) is 0. The molecule has 1 unspecified atom stereocenters. The highest BCUT2D eigenvalue weighted by atomic mass is 35.5. The third kappa shape index (κ3) is 4.72. The molecule has 134 valence electrons. The summed E-state index contributed by atoms with van der Waals surface area (Å²) in [6.45, 7) is 2.74. The van der Waals surface area contributed by atoms with Gasteiger partial charge in [-0.05, 0) is 48.4 Å². The first-order valence-corrected chi connectivity index (χ1v) is 9.36. The zero-order valence-corrected chi connectivity index (χ0v) is 16.4. The van der Waals surface area contributed by atoms with E-state index in [0.29, 0.717) is 21.6 Å². The Bertz CT molecular complexity index is 866. The van der Waals surface area contributed by atoms with E-state index in [-0.39, 0.29) is 6.04 Å². The lowest BCUT2D eigenvalue weighted by molar-refractivity contribution is 0.482. The maximum atomic E-state index is 6.30. The van der Waals surface area contributed by atoms with Gasteiger partial charge in [-0.25, -0.2) is 0 Å². The van der Waals surface area contributed by atoms with Gasteiger partial charge in [0.2, 0.25) is 0 Å².